The maximum absolute atomic E-state index is 10.1. The molecule has 0 aliphatic rings. The van der Waals surface area contributed by atoms with Gasteiger partial charge in [0.1, 0.15) is 5.75 Å². The lowest BCUT2D eigenvalue weighted by atomic mass is 10.1. The number of fused-ring (bicyclic) bond motifs is 1. The van der Waals surface area contributed by atoms with E-state index in [2.05, 4.69) is 0 Å². The van der Waals surface area contributed by atoms with E-state index in [1.807, 2.05) is 52.0 Å². The second-order valence-corrected chi connectivity index (χ2v) is 5.10. The summed E-state index contributed by atoms with van der Waals surface area (Å²) in [5.74, 6) is 1.31. The highest BCUT2D eigenvalue weighted by molar-refractivity contribution is 5.95. The van der Waals surface area contributed by atoms with Crippen molar-refractivity contribution in [2.75, 3.05) is 0 Å². The molecule has 19 heavy (non-hydrogen) atoms. The van der Waals surface area contributed by atoms with Crippen LogP contribution in [0.25, 0.3) is 10.8 Å². The zero-order chi connectivity index (χ0) is 14.0. The third-order valence-corrected chi connectivity index (χ3v) is 2.65. The van der Waals surface area contributed by atoms with Gasteiger partial charge in [-0.15, -0.1) is 0 Å². The van der Waals surface area contributed by atoms with Crippen molar-refractivity contribution < 1.29 is 14.6 Å². The van der Waals surface area contributed by atoms with Crippen molar-refractivity contribution in [3.8, 4) is 17.2 Å². The van der Waals surface area contributed by atoms with Crippen molar-refractivity contribution in [3.63, 3.8) is 0 Å². The minimum absolute atomic E-state index is 0.00572. The number of hydrogen-bond acceptors (Lipinski definition) is 3. The summed E-state index contributed by atoms with van der Waals surface area (Å²) in [6, 6.07) is 9.40. The molecule has 0 unspecified atom stereocenters. The Morgan fingerprint density at radius 1 is 0.895 bits per heavy atom. The molecular formula is C16H20O3. The molecule has 102 valence electrons. The van der Waals surface area contributed by atoms with Crippen LogP contribution in [0.3, 0.4) is 0 Å². The number of benzene rings is 2. The van der Waals surface area contributed by atoms with Crippen LogP contribution in [0.1, 0.15) is 27.7 Å². The van der Waals surface area contributed by atoms with Gasteiger partial charge in [-0.05, 0) is 27.7 Å². The molecule has 0 bridgehead atoms. The molecule has 0 saturated heterocycles. The number of ether oxygens (including phenoxy) is 2. The van der Waals surface area contributed by atoms with Crippen LogP contribution in [-0.4, -0.2) is 17.3 Å². The molecule has 1 N–H and O–H groups in total. The molecule has 0 radical (unpaired) electrons. The highest BCUT2D eigenvalue weighted by Gasteiger charge is 2.15. The van der Waals surface area contributed by atoms with Crippen LogP contribution in [0.5, 0.6) is 17.2 Å². The van der Waals surface area contributed by atoms with Crippen molar-refractivity contribution in [2.24, 2.45) is 0 Å². The van der Waals surface area contributed by atoms with E-state index >= 15 is 0 Å². The fourth-order valence-corrected chi connectivity index (χ4v) is 2.01. The van der Waals surface area contributed by atoms with E-state index < -0.39 is 0 Å². The molecule has 2 rings (SSSR count). The zero-order valence-electron chi connectivity index (χ0n) is 11.8. The largest absolute Gasteiger partial charge is 0.504 e. The zero-order valence-corrected chi connectivity index (χ0v) is 11.8. The van der Waals surface area contributed by atoms with E-state index in [9.17, 15) is 5.11 Å². The van der Waals surface area contributed by atoms with Gasteiger partial charge in [0.05, 0.1) is 12.2 Å². The lowest BCUT2D eigenvalue weighted by Crippen LogP contribution is -2.08. The Morgan fingerprint density at radius 2 is 1.47 bits per heavy atom. The Kier molecular flexibility index (Phi) is 3.84. The average molecular weight is 260 g/mol. The Balaban J connectivity index is 2.62. The van der Waals surface area contributed by atoms with Crippen LogP contribution in [0.2, 0.25) is 0 Å². The molecule has 0 aliphatic carbocycles. The fraction of sp³-hybridized carbons (Fsp3) is 0.375. The second kappa shape index (κ2) is 5.39. The topological polar surface area (TPSA) is 38.7 Å². The summed E-state index contributed by atoms with van der Waals surface area (Å²) < 4.78 is 11.5. The van der Waals surface area contributed by atoms with E-state index in [4.69, 9.17) is 9.47 Å². The Bertz CT molecular complexity index is 573. The summed E-state index contributed by atoms with van der Waals surface area (Å²) in [7, 11) is 0. The number of aromatic hydroxyl groups is 1. The van der Waals surface area contributed by atoms with Gasteiger partial charge in [-0.2, -0.15) is 0 Å². The summed E-state index contributed by atoms with van der Waals surface area (Å²) in [4.78, 5) is 0. The maximum atomic E-state index is 10.1. The molecule has 0 heterocycles. The monoisotopic (exact) mass is 260 g/mol. The van der Waals surface area contributed by atoms with Crippen LogP contribution in [0, 0.1) is 0 Å². The van der Waals surface area contributed by atoms with Crippen molar-refractivity contribution in [3.05, 3.63) is 30.3 Å². The summed E-state index contributed by atoms with van der Waals surface area (Å²) in [6.07, 6.45) is 0.0610. The molecule has 2 aromatic carbocycles. The van der Waals surface area contributed by atoms with Gasteiger partial charge in [-0.1, -0.05) is 24.3 Å². The van der Waals surface area contributed by atoms with Crippen molar-refractivity contribution >= 4 is 10.8 Å². The predicted molar refractivity (Wildman–Crippen MR) is 77.1 cm³/mol. The van der Waals surface area contributed by atoms with Crippen molar-refractivity contribution in [2.45, 2.75) is 39.9 Å². The minimum Gasteiger partial charge on any atom is -0.504 e. The average Bonchev–Trinajstić information content (AvgIpc) is 2.33. The predicted octanol–water partition coefficient (Wildman–Crippen LogP) is 4.12. The van der Waals surface area contributed by atoms with Crippen LogP contribution in [0.15, 0.2) is 30.3 Å². The SMILES string of the molecule is CC(C)Oc1cc(O)c(OC(C)C)c2ccccc12. The first-order chi connectivity index (χ1) is 8.99. The Labute approximate surface area is 113 Å². The van der Waals surface area contributed by atoms with E-state index in [1.165, 1.54) is 0 Å². The molecule has 0 amide bonds. The number of rotatable bonds is 4. The fourth-order valence-electron chi connectivity index (χ4n) is 2.01. The molecule has 3 heteroatoms. The number of hydrogen-bond donors (Lipinski definition) is 1. The summed E-state index contributed by atoms with van der Waals surface area (Å²) >= 11 is 0. The third kappa shape index (κ3) is 2.92. The summed E-state index contributed by atoms with van der Waals surface area (Å²) in [6.45, 7) is 7.80. The molecule has 0 atom stereocenters. The lowest BCUT2D eigenvalue weighted by molar-refractivity contribution is 0.230. The van der Waals surface area contributed by atoms with Crippen LogP contribution < -0.4 is 9.47 Å². The standard InChI is InChI=1S/C16H20O3/c1-10(2)18-15-9-14(17)16(19-11(3)4)13-8-6-5-7-12(13)15/h5-11,17H,1-4H3. The molecule has 0 fully saturated rings. The van der Waals surface area contributed by atoms with Gasteiger partial charge in [0.25, 0.3) is 0 Å². The molecule has 0 aliphatic heterocycles. The molecule has 2 aromatic rings. The number of phenolic OH excluding ortho intramolecular Hbond substituents is 1. The number of phenols is 1. The van der Waals surface area contributed by atoms with Crippen molar-refractivity contribution in [1.29, 1.82) is 0 Å². The Morgan fingerprint density at radius 3 is 2.05 bits per heavy atom. The van der Waals surface area contributed by atoms with Gasteiger partial charge in [-0.3, -0.25) is 0 Å². The van der Waals surface area contributed by atoms with Gasteiger partial charge in [-0.25, -0.2) is 0 Å². The first kappa shape index (κ1) is 13.5. The van der Waals surface area contributed by atoms with Gasteiger partial charge in [0.15, 0.2) is 11.5 Å². The summed E-state index contributed by atoms with van der Waals surface area (Å²) in [5.41, 5.74) is 0. The van der Waals surface area contributed by atoms with E-state index in [0.717, 1.165) is 10.8 Å². The van der Waals surface area contributed by atoms with E-state index in [0.29, 0.717) is 11.5 Å². The molecule has 0 aromatic heterocycles. The first-order valence-electron chi connectivity index (χ1n) is 6.57. The van der Waals surface area contributed by atoms with Crippen molar-refractivity contribution in [1.82, 2.24) is 0 Å². The maximum Gasteiger partial charge on any atom is 0.169 e. The first-order valence-corrected chi connectivity index (χ1v) is 6.57. The van der Waals surface area contributed by atoms with Gasteiger partial charge >= 0.3 is 0 Å². The lowest BCUT2D eigenvalue weighted by Gasteiger charge is -2.18. The van der Waals surface area contributed by atoms with Crippen LogP contribution in [0.4, 0.5) is 0 Å². The normalized spacial score (nSPS) is 11.3. The Hall–Kier alpha value is -1.90. The molecular weight excluding hydrogens is 240 g/mol. The highest BCUT2D eigenvalue weighted by Crippen LogP contribution is 2.41. The minimum atomic E-state index is 0.00572. The van der Waals surface area contributed by atoms with Crippen LogP contribution in [-0.2, 0) is 0 Å². The van der Waals surface area contributed by atoms with E-state index in [1.54, 1.807) is 6.07 Å². The van der Waals surface area contributed by atoms with Gasteiger partial charge in [0.2, 0.25) is 0 Å². The molecule has 0 saturated carbocycles. The van der Waals surface area contributed by atoms with E-state index in [-0.39, 0.29) is 18.0 Å². The van der Waals surface area contributed by atoms with Gasteiger partial charge < -0.3 is 14.6 Å². The second-order valence-electron chi connectivity index (χ2n) is 5.10. The molecule has 3 nitrogen and oxygen atoms in total. The summed E-state index contributed by atoms with van der Waals surface area (Å²) in [5, 5.41) is 12.0. The third-order valence-electron chi connectivity index (χ3n) is 2.65. The highest BCUT2D eigenvalue weighted by atomic mass is 16.5. The van der Waals surface area contributed by atoms with Crippen LogP contribution >= 0.6 is 0 Å². The quantitative estimate of drug-likeness (QED) is 0.898. The smallest absolute Gasteiger partial charge is 0.169 e. The molecule has 0 spiro atoms. The van der Waals surface area contributed by atoms with Gasteiger partial charge in [0, 0.05) is 16.8 Å².